The molecule has 3 heteroatoms. The quantitative estimate of drug-likeness (QED) is 0.769. The van der Waals surface area contributed by atoms with Gasteiger partial charge in [0.2, 0.25) is 0 Å². The second-order valence-electron chi connectivity index (χ2n) is 4.41. The van der Waals surface area contributed by atoms with Crippen LogP contribution < -0.4 is 0 Å². The standard InChI is InChI=1S/C13H16F2O/c1-8(2)9(3)13(16)7-10-6-11(14)4-5-12(10)15/h4-6,8-9H,7H2,1-3H3. The van der Waals surface area contributed by atoms with Gasteiger partial charge < -0.3 is 0 Å². The lowest BCUT2D eigenvalue weighted by molar-refractivity contribution is -0.122. The van der Waals surface area contributed by atoms with Crippen LogP contribution in [0.25, 0.3) is 0 Å². The van der Waals surface area contributed by atoms with Crippen molar-refractivity contribution in [3.05, 3.63) is 35.4 Å². The average Bonchev–Trinajstić information content (AvgIpc) is 2.22. The highest BCUT2D eigenvalue weighted by atomic mass is 19.1. The van der Waals surface area contributed by atoms with Crippen molar-refractivity contribution >= 4 is 5.78 Å². The maximum atomic E-state index is 13.3. The van der Waals surface area contributed by atoms with Crippen molar-refractivity contribution < 1.29 is 13.6 Å². The first-order chi connectivity index (χ1) is 7.41. The molecule has 0 fully saturated rings. The van der Waals surface area contributed by atoms with E-state index in [1.165, 1.54) is 0 Å². The number of halogens is 2. The van der Waals surface area contributed by atoms with Gasteiger partial charge in [-0.15, -0.1) is 0 Å². The summed E-state index contributed by atoms with van der Waals surface area (Å²) in [6.07, 6.45) is -0.0388. The molecule has 0 saturated carbocycles. The van der Waals surface area contributed by atoms with E-state index in [-0.39, 0.29) is 29.6 Å². The SMILES string of the molecule is CC(C)C(C)C(=O)Cc1cc(F)ccc1F. The Morgan fingerprint density at radius 1 is 1.25 bits per heavy atom. The lowest BCUT2D eigenvalue weighted by Gasteiger charge is -2.14. The Balaban J connectivity index is 2.80. The van der Waals surface area contributed by atoms with Crippen LogP contribution in [0.2, 0.25) is 0 Å². The van der Waals surface area contributed by atoms with Crippen molar-refractivity contribution in [3.8, 4) is 0 Å². The molecular formula is C13H16F2O. The molecule has 0 bridgehead atoms. The number of benzene rings is 1. The van der Waals surface area contributed by atoms with Crippen LogP contribution in [0.5, 0.6) is 0 Å². The first kappa shape index (κ1) is 12.8. The third-order valence-electron chi connectivity index (χ3n) is 2.88. The van der Waals surface area contributed by atoms with Crippen LogP contribution in [-0.4, -0.2) is 5.78 Å². The molecular weight excluding hydrogens is 210 g/mol. The third kappa shape index (κ3) is 3.12. The first-order valence-electron chi connectivity index (χ1n) is 5.38. The van der Waals surface area contributed by atoms with E-state index in [4.69, 9.17) is 0 Å². The van der Waals surface area contributed by atoms with Crippen LogP contribution in [0.1, 0.15) is 26.3 Å². The summed E-state index contributed by atoms with van der Waals surface area (Å²) in [6, 6.07) is 3.19. The number of hydrogen-bond acceptors (Lipinski definition) is 1. The normalized spacial score (nSPS) is 12.9. The number of hydrogen-bond donors (Lipinski definition) is 0. The fourth-order valence-corrected chi connectivity index (χ4v) is 1.40. The molecule has 0 radical (unpaired) electrons. The molecule has 16 heavy (non-hydrogen) atoms. The van der Waals surface area contributed by atoms with Crippen molar-refractivity contribution in [1.82, 2.24) is 0 Å². The Labute approximate surface area is 94.5 Å². The maximum Gasteiger partial charge on any atom is 0.140 e. The highest BCUT2D eigenvalue weighted by molar-refractivity contribution is 5.83. The fraction of sp³-hybridized carbons (Fsp3) is 0.462. The number of carbonyl (C=O) groups is 1. The monoisotopic (exact) mass is 226 g/mol. The largest absolute Gasteiger partial charge is 0.299 e. The summed E-state index contributed by atoms with van der Waals surface area (Å²) < 4.78 is 26.2. The molecule has 0 spiro atoms. The molecule has 1 unspecified atom stereocenters. The van der Waals surface area contributed by atoms with Crippen molar-refractivity contribution in [2.75, 3.05) is 0 Å². The van der Waals surface area contributed by atoms with Gasteiger partial charge in [-0.1, -0.05) is 20.8 Å². The zero-order valence-electron chi connectivity index (χ0n) is 9.76. The topological polar surface area (TPSA) is 17.1 Å². The lowest BCUT2D eigenvalue weighted by atomic mass is 9.90. The second kappa shape index (κ2) is 5.19. The zero-order valence-corrected chi connectivity index (χ0v) is 9.76. The number of carbonyl (C=O) groups excluding carboxylic acids is 1. The molecule has 1 aromatic rings. The molecule has 0 aromatic heterocycles. The fourth-order valence-electron chi connectivity index (χ4n) is 1.40. The van der Waals surface area contributed by atoms with E-state index in [1.54, 1.807) is 0 Å². The number of rotatable bonds is 4. The van der Waals surface area contributed by atoms with Gasteiger partial charge in [-0.05, 0) is 29.7 Å². The summed E-state index contributed by atoms with van der Waals surface area (Å²) in [5, 5.41) is 0. The minimum Gasteiger partial charge on any atom is -0.299 e. The van der Waals surface area contributed by atoms with Gasteiger partial charge in [-0.25, -0.2) is 8.78 Å². The summed E-state index contributed by atoms with van der Waals surface area (Å²) in [5.41, 5.74) is 0.137. The summed E-state index contributed by atoms with van der Waals surface area (Å²) in [6.45, 7) is 5.68. The smallest absolute Gasteiger partial charge is 0.140 e. The molecule has 1 aromatic carbocycles. The van der Waals surface area contributed by atoms with Gasteiger partial charge in [-0.2, -0.15) is 0 Å². The molecule has 0 saturated heterocycles. The predicted molar refractivity (Wildman–Crippen MR) is 59.1 cm³/mol. The summed E-state index contributed by atoms with van der Waals surface area (Å²) in [4.78, 5) is 11.7. The molecule has 1 rings (SSSR count). The molecule has 0 aliphatic carbocycles. The van der Waals surface area contributed by atoms with Crippen LogP contribution >= 0.6 is 0 Å². The second-order valence-corrected chi connectivity index (χ2v) is 4.41. The number of ketones is 1. The van der Waals surface area contributed by atoms with E-state index < -0.39 is 11.6 Å². The van der Waals surface area contributed by atoms with Crippen LogP contribution in [0, 0.1) is 23.5 Å². The molecule has 1 nitrogen and oxygen atoms in total. The maximum absolute atomic E-state index is 13.3. The van der Waals surface area contributed by atoms with Crippen molar-refractivity contribution in [3.63, 3.8) is 0 Å². The van der Waals surface area contributed by atoms with Crippen molar-refractivity contribution in [1.29, 1.82) is 0 Å². The van der Waals surface area contributed by atoms with Gasteiger partial charge >= 0.3 is 0 Å². The van der Waals surface area contributed by atoms with E-state index in [0.717, 1.165) is 18.2 Å². The minimum atomic E-state index is -0.522. The summed E-state index contributed by atoms with van der Waals surface area (Å²) in [7, 11) is 0. The molecule has 1 atom stereocenters. The highest BCUT2D eigenvalue weighted by Gasteiger charge is 2.18. The molecule has 0 aliphatic heterocycles. The van der Waals surface area contributed by atoms with Crippen LogP contribution in [-0.2, 0) is 11.2 Å². The Kier molecular flexibility index (Phi) is 4.16. The summed E-state index contributed by atoms with van der Waals surface area (Å²) in [5.74, 6) is -1.02. The highest BCUT2D eigenvalue weighted by Crippen LogP contribution is 2.16. The first-order valence-corrected chi connectivity index (χ1v) is 5.38. The molecule has 0 heterocycles. The lowest BCUT2D eigenvalue weighted by Crippen LogP contribution is -2.19. The van der Waals surface area contributed by atoms with E-state index in [1.807, 2.05) is 20.8 Å². The summed E-state index contributed by atoms with van der Waals surface area (Å²) >= 11 is 0. The average molecular weight is 226 g/mol. The Hall–Kier alpha value is -1.25. The van der Waals surface area contributed by atoms with Crippen LogP contribution in [0.3, 0.4) is 0 Å². The van der Waals surface area contributed by atoms with Crippen molar-refractivity contribution in [2.24, 2.45) is 11.8 Å². The van der Waals surface area contributed by atoms with E-state index >= 15 is 0 Å². The predicted octanol–water partition coefficient (Wildman–Crippen LogP) is 3.37. The van der Waals surface area contributed by atoms with Gasteiger partial charge in [0, 0.05) is 12.3 Å². The molecule has 0 amide bonds. The van der Waals surface area contributed by atoms with Gasteiger partial charge in [-0.3, -0.25) is 4.79 Å². The molecule has 88 valence electrons. The van der Waals surface area contributed by atoms with E-state index in [9.17, 15) is 13.6 Å². The Morgan fingerprint density at radius 3 is 2.44 bits per heavy atom. The molecule has 0 N–H and O–H groups in total. The third-order valence-corrected chi connectivity index (χ3v) is 2.88. The minimum absolute atomic E-state index is 0.0388. The van der Waals surface area contributed by atoms with Crippen LogP contribution in [0.4, 0.5) is 8.78 Å². The molecule has 0 aliphatic rings. The Morgan fingerprint density at radius 2 is 1.88 bits per heavy atom. The van der Waals surface area contributed by atoms with Gasteiger partial charge in [0.25, 0.3) is 0 Å². The van der Waals surface area contributed by atoms with E-state index in [0.29, 0.717) is 0 Å². The van der Waals surface area contributed by atoms with Gasteiger partial charge in [0.05, 0.1) is 0 Å². The Bertz CT molecular complexity index is 386. The van der Waals surface area contributed by atoms with Crippen molar-refractivity contribution in [2.45, 2.75) is 27.2 Å². The van der Waals surface area contributed by atoms with Gasteiger partial charge in [0.15, 0.2) is 0 Å². The van der Waals surface area contributed by atoms with Gasteiger partial charge in [0.1, 0.15) is 17.4 Å². The zero-order chi connectivity index (χ0) is 12.3. The van der Waals surface area contributed by atoms with Crippen LogP contribution in [0.15, 0.2) is 18.2 Å². The number of Topliss-reactive ketones (excluding diaryl/α,β-unsaturated/α-hetero) is 1. The van der Waals surface area contributed by atoms with E-state index in [2.05, 4.69) is 0 Å².